The molecule has 102 valence electrons. The fourth-order valence-electron chi connectivity index (χ4n) is 4.43. The molecule has 0 spiro atoms. The Morgan fingerprint density at radius 3 is 2.15 bits per heavy atom. The summed E-state index contributed by atoms with van der Waals surface area (Å²) >= 11 is 6.44. The van der Waals surface area contributed by atoms with Crippen LogP contribution >= 0.6 is 11.6 Å². The van der Waals surface area contributed by atoms with E-state index in [2.05, 4.69) is 36.4 Å². The van der Waals surface area contributed by atoms with Gasteiger partial charge in [-0.15, -0.1) is 0 Å². The first-order valence-electron chi connectivity index (χ1n) is 7.63. The molecular formula is C19H19Cl. The molecule has 0 nitrogen and oxygen atoms in total. The number of rotatable bonds is 2. The van der Waals surface area contributed by atoms with Crippen molar-refractivity contribution >= 4 is 11.6 Å². The van der Waals surface area contributed by atoms with Gasteiger partial charge < -0.3 is 0 Å². The maximum absolute atomic E-state index is 6.44. The summed E-state index contributed by atoms with van der Waals surface area (Å²) in [5.41, 5.74) is 4.50. The topological polar surface area (TPSA) is 0 Å². The lowest BCUT2D eigenvalue weighted by Crippen LogP contribution is -2.20. The molecule has 0 amide bonds. The highest BCUT2D eigenvalue weighted by molar-refractivity contribution is 6.33. The SMILES string of the molecule is Clc1ccccc1-c1ccccc1C12CCC(CC1)C2. The average Bonchev–Trinajstić information content (AvgIpc) is 3.10. The van der Waals surface area contributed by atoms with Gasteiger partial charge in [-0.05, 0) is 60.6 Å². The van der Waals surface area contributed by atoms with Crippen molar-refractivity contribution in [3.63, 3.8) is 0 Å². The van der Waals surface area contributed by atoms with Crippen molar-refractivity contribution in [2.75, 3.05) is 0 Å². The van der Waals surface area contributed by atoms with Crippen LogP contribution in [0.1, 0.15) is 37.7 Å². The second-order valence-corrected chi connectivity index (χ2v) is 6.86. The van der Waals surface area contributed by atoms with Crippen LogP contribution in [0, 0.1) is 5.92 Å². The minimum Gasteiger partial charge on any atom is -0.0837 e. The minimum absolute atomic E-state index is 0.431. The fraction of sp³-hybridized carbons (Fsp3) is 0.368. The van der Waals surface area contributed by atoms with Crippen LogP contribution in [0.4, 0.5) is 0 Å². The Kier molecular flexibility index (Phi) is 2.89. The molecule has 2 aliphatic carbocycles. The Hall–Kier alpha value is -1.27. The largest absolute Gasteiger partial charge is 0.0837 e. The highest BCUT2D eigenvalue weighted by Gasteiger charge is 2.46. The van der Waals surface area contributed by atoms with Gasteiger partial charge in [0.2, 0.25) is 0 Å². The Balaban J connectivity index is 1.88. The summed E-state index contributed by atoms with van der Waals surface area (Å²) in [6.45, 7) is 0. The summed E-state index contributed by atoms with van der Waals surface area (Å²) in [4.78, 5) is 0. The average molecular weight is 283 g/mol. The van der Waals surface area contributed by atoms with Crippen molar-refractivity contribution in [2.24, 2.45) is 5.92 Å². The van der Waals surface area contributed by atoms with E-state index >= 15 is 0 Å². The van der Waals surface area contributed by atoms with Gasteiger partial charge in [-0.2, -0.15) is 0 Å². The number of hydrogen-bond donors (Lipinski definition) is 0. The van der Waals surface area contributed by atoms with E-state index < -0.39 is 0 Å². The van der Waals surface area contributed by atoms with E-state index in [0.717, 1.165) is 10.9 Å². The molecule has 0 saturated heterocycles. The molecule has 0 atom stereocenters. The molecule has 0 unspecified atom stereocenters. The molecule has 20 heavy (non-hydrogen) atoms. The van der Waals surface area contributed by atoms with Crippen LogP contribution in [0.3, 0.4) is 0 Å². The van der Waals surface area contributed by atoms with Gasteiger partial charge in [-0.1, -0.05) is 54.1 Å². The summed E-state index contributed by atoms with van der Waals surface area (Å²) in [7, 11) is 0. The van der Waals surface area contributed by atoms with E-state index in [4.69, 9.17) is 11.6 Å². The second-order valence-electron chi connectivity index (χ2n) is 6.45. The van der Waals surface area contributed by atoms with Crippen LogP contribution in [-0.4, -0.2) is 0 Å². The van der Waals surface area contributed by atoms with Crippen molar-refractivity contribution < 1.29 is 0 Å². The third kappa shape index (κ3) is 1.82. The first-order valence-corrected chi connectivity index (χ1v) is 8.01. The van der Waals surface area contributed by atoms with Crippen molar-refractivity contribution in [3.8, 4) is 11.1 Å². The van der Waals surface area contributed by atoms with Gasteiger partial charge in [0, 0.05) is 10.6 Å². The van der Waals surface area contributed by atoms with E-state index in [0.29, 0.717) is 5.41 Å². The third-order valence-electron chi connectivity index (χ3n) is 5.40. The first kappa shape index (κ1) is 12.5. The normalized spacial score (nSPS) is 27.9. The standard InChI is InChI=1S/C19H19Cl/c20-18-8-4-2-6-16(18)15-5-1-3-7-17(15)19-11-9-14(13-19)10-12-19/h1-8,14H,9-13H2. The van der Waals surface area contributed by atoms with Gasteiger partial charge in [-0.3, -0.25) is 0 Å². The highest BCUT2D eigenvalue weighted by Crippen LogP contribution is 2.57. The first-order chi connectivity index (χ1) is 9.78. The molecule has 2 aromatic rings. The fourth-order valence-corrected chi connectivity index (χ4v) is 4.67. The van der Waals surface area contributed by atoms with Gasteiger partial charge in [0.25, 0.3) is 0 Å². The number of hydrogen-bond acceptors (Lipinski definition) is 0. The maximum Gasteiger partial charge on any atom is 0.0484 e. The molecule has 2 fully saturated rings. The molecule has 0 N–H and O–H groups in total. The van der Waals surface area contributed by atoms with E-state index in [1.165, 1.54) is 48.8 Å². The smallest absolute Gasteiger partial charge is 0.0484 e. The Bertz CT molecular complexity index is 636. The zero-order valence-electron chi connectivity index (χ0n) is 11.6. The Morgan fingerprint density at radius 1 is 0.850 bits per heavy atom. The van der Waals surface area contributed by atoms with Crippen molar-refractivity contribution in [2.45, 2.75) is 37.5 Å². The Labute approximate surface area is 125 Å². The number of benzene rings is 2. The summed E-state index contributed by atoms with van der Waals surface area (Å²) in [6, 6.07) is 17.2. The monoisotopic (exact) mass is 282 g/mol. The minimum atomic E-state index is 0.431. The molecule has 2 bridgehead atoms. The van der Waals surface area contributed by atoms with Gasteiger partial charge in [0.05, 0.1) is 0 Å². The van der Waals surface area contributed by atoms with Gasteiger partial charge >= 0.3 is 0 Å². The van der Waals surface area contributed by atoms with Crippen LogP contribution < -0.4 is 0 Å². The molecule has 2 saturated carbocycles. The molecule has 2 aliphatic rings. The van der Waals surface area contributed by atoms with Gasteiger partial charge in [0.1, 0.15) is 0 Å². The van der Waals surface area contributed by atoms with Crippen LogP contribution in [0.25, 0.3) is 11.1 Å². The van der Waals surface area contributed by atoms with Crippen LogP contribution in [-0.2, 0) is 5.41 Å². The van der Waals surface area contributed by atoms with E-state index in [-0.39, 0.29) is 0 Å². The molecular weight excluding hydrogens is 264 g/mol. The third-order valence-corrected chi connectivity index (χ3v) is 5.73. The molecule has 2 aromatic carbocycles. The van der Waals surface area contributed by atoms with Crippen LogP contribution in [0.2, 0.25) is 5.02 Å². The van der Waals surface area contributed by atoms with E-state index in [1.807, 2.05) is 12.1 Å². The molecule has 0 aromatic heterocycles. The predicted octanol–water partition coefficient (Wildman–Crippen LogP) is 5.84. The number of halogens is 1. The van der Waals surface area contributed by atoms with Crippen molar-refractivity contribution in [1.29, 1.82) is 0 Å². The van der Waals surface area contributed by atoms with Crippen molar-refractivity contribution in [3.05, 3.63) is 59.1 Å². The van der Waals surface area contributed by atoms with E-state index in [9.17, 15) is 0 Å². The molecule has 0 heterocycles. The van der Waals surface area contributed by atoms with Crippen LogP contribution in [0.15, 0.2) is 48.5 Å². The molecule has 1 heteroatoms. The van der Waals surface area contributed by atoms with Crippen molar-refractivity contribution in [1.82, 2.24) is 0 Å². The predicted molar refractivity (Wildman–Crippen MR) is 85.1 cm³/mol. The van der Waals surface area contributed by atoms with E-state index in [1.54, 1.807) is 0 Å². The lowest BCUT2D eigenvalue weighted by molar-refractivity contribution is 0.420. The summed E-state index contributed by atoms with van der Waals surface area (Å²) in [5.74, 6) is 0.967. The lowest BCUT2D eigenvalue weighted by atomic mass is 9.74. The zero-order chi connectivity index (χ0) is 13.6. The lowest BCUT2D eigenvalue weighted by Gasteiger charge is -2.30. The van der Waals surface area contributed by atoms with Gasteiger partial charge in [-0.25, -0.2) is 0 Å². The quantitative estimate of drug-likeness (QED) is 0.649. The summed E-state index contributed by atoms with van der Waals surface area (Å²) in [6.07, 6.45) is 6.93. The van der Waals surface area contributed by atoms with Gasteiger partial charge in [0.15, 0.2) is 0 Å². The summed E-state index contributed by atoms with van der Waals surface area (Å²) < 4.78 is 0. The molecule has 4 rings (SSSR count). The molecule has 0 radical (unpaired) electrons. The molecule has 0 aliphatic heterocycles. The highest BCUT2D eigenvalue weighted by atomic mass is 35.5. The second kappa shape index (κ2) is 4.63. The van der Waals surface area contributed by atoms with Crippen LogP contribution in [0.5, 0.6) is 0 Å². The maximum atomic E-state index is 6.44. The summed E-state index contributed by atoms with van der Waals surface area (Å²) in [5, 5.41) is 0.865. The zero-order valence-corrected chi connectivity index (χ0v) is 12.4. The Morgan fingerprint density at radius 2 is 1.50 bits per heavy atom. The number of fused-ring (bicyclic) bond motifs is 2.